The molecule has 0 bridgehead atoms. The third kappa shape index (κ3) is 4.44. The topological polar surface area (TPSA) is 102 Å². The number of hydrazone groups is 1. The lowest BCUT2D eigenvalue weighted by atomic mass is 10.2. The van der Waals surface area contributed by atoms with Crippen LogP contribution in [-0.2, 0) is 0 Å². The fourth-order valence-corrected chi connectivity index (χ4v) is 2.44. The highest BCUT2D eigenvalue weighted by Gasteiger charge is 2.07. The number of carbonyl (C=O) groups excluding carboxylic acids is 1. The molecule has 7 nitrogen and oxygen atoms in total. The van der Waals surface area contributed by atoms with Crippen molar-refractivity contribution in [3.8, 4) is 11.3 Å². The lowest BCUT2D eigenvalue weighted by Gasteiger charge is -2.11. The van der Waals surface area contributed by atoms with E-state index in [1.807, 2.05) is 30.3 Å². The van der Waals surface area contributed by atoms with Gasteiger partial charge in [-0.3, -0.25) is 4.79 Å². The average molecular weight is 416 g/mol. The number of carbonyl (C=O) groups is 1. The minimum absolute atomic E-state index is 0.112. The van der Waals surface area contributed by atoms with Crippen molar-refractivity contribution in [1.82, 2.24) is 5.43 Å². The van der Waals surface area contributed by atoms with Gasteiger partial charge in [0.25, 0.3) is 5.91 Å². The van der Waals surface area contributed by atoms with Gasteiger partial charge in [0.15, 0.2) is 5.69 Å². The summed E-state index contributed by atoms with van der Waals surface area (Å²) in [6.07, 6.45) is 1.39. The number of halogens is 1. The summed E-state index contributed by atoms with van der Waals surface area (Å²) in [4.78, 5) is 12.0. The molecule has 0 radical (unpaired) electrons. The molecular formula is C18H14BrN3O4. The second kappa shape index (κ2) is 8.07. The van der Waals surface area contributed by atoms with Crippen LogP contribution in [-0.4, -0.2) is 17.3 Å². The first-order valence-electron chi connectivity index (χ1n) is 7.55. The molecule has 26 heavy (non-hydrogen) atoms. The van der Waals surface area contributed by atoms with Crippen molar-refractivity contribution in [3.05, 3.63) is 81.7 Å². The number of hydrogen-bond acceptors (Lipinski definition) is 5. The van der Waals surface area contributed by atoms with Gasteiger partial charge in [0.05, 0.1) is 6.21 Å². The molecule has 0 fully saturated rings. The summed E-state index contributed by atoms with van der Waals surface area (Å²) in [5, 5.41) is 22.4. The summed E-state index contributed by atoms with van der Waals surface area (Å²) in [5.41, 5.74) is 3.72. The molecule has 0 spiro atoms. The lowest BCUT2D eigenvalue weighted by Crippen LogP contribution is -2.99. The molecule has 3 rings (SSSR count). The Morgan fingerprint density at radius 3 is 2.46 bits per heavy atom. The van der Waals surface area contributed by atoms with E-state index in [-0.39, 0.29) is 5.69 Å². The van der Waals surface area contributed by atoms with Crippen LogP contribution >= 0.6 is 15.9 Å². The Hall–Kier alpha value is -2.78. The second-order valence-corrected chi connectivity index (χ2v) is 6.21. The molecule has 1 unspecified atom stereocenters. The zero-order valence-corrected chi connectivity index (χ0v) is 14.9. The van der Waals surface area contributed by atoms with Crippen LogP contribution in [0.3, 0.4) is 0 Å². The first kappa shape index (κ1) is 18.0. The Morgan fingerprint density at radius 2 is 1.81 bits per heavy atom. The number of nitrogens with one attached hydrogen (secondary N) is 2. The van der Waals surface area contributed by atoms with Crippen molar-refractivity contribution >= 4 is 33.7 Å². The van der Waals surface area contributed by atoms with E-state index in [1.165, 1.54) is 30.5 Å². The van der Waals surface area contributed by atoms with Crippen LogP contribution in [0.25, 0.3) is 11.3 Å². The van der Waals surface area contributed by atoms with Gasteiger partial charge in [0.1, 0.15) is 11.5 Å². The molecule has 0 aliphatic heterocycles. The molecule has 0 aliphatic rings. The first-order valence-corrected chi connectivity index (χ1v) is 8.35. The summed E-state index contributed by atoms with van der Waals surface area (Å²) in [5.74, 6) is 0.733. The molecule has 8 heteroatoms. The Kier molecular flexibility index (Phi) is 5.59. The SMILES string of the molecule is O=C(NN=Cc1ccc(-c2ccc(Br)cc2)o1)c1ccc([NH+]([O-])O)cc1. The standard InChI is InChI=1S/C18H14BrN3O4/c19-14-5-1-12(2-6-14)17-10-9-16(26-17)11-20-21-18(23)13-3-7-15(8-4-13)22(24)25/h1-11,22,24H,(H,21,23). The fourth-order valence-electron chi connectivity index (χ4n) is 2.17. The van der Waals surface area contributed by atoms with E-state index in [1.54, 1.807) is 6.07 Å². The van der Waals surface area contributed by atoms with Gasteiger partial charge in [-0.05, 0) is 36.4 Å². The highest BCUT2D eigenvalue weighted by molar-refractivity contribution is 9.10. The Labute approximate surface area is 157 Å². The van der Waals surface area contributed by atoms with E-state index in [2.05, 4.69) is 26.5 Å². The van der Waals surface area contributed by atoms with E-state index in [0.717, 1.165) is 10.0 Å². The zero-order valence-electron chi connectivity index (χ0n) is 13.3. The molecule has 1 heterocycles. The number of rotatable bonds is 5. The Balaban J connectivity index is 1.61. The Morgan fingerprint density at radius 1 is 1.12 bits per heavy atom. The normalized spacial score (nSPS) is 12.3. The number of furan rings is 1. The van der Waals surface area contributed by atoms with Crippen molar-refractivity contribution in [3.63, 3.8) is 0 Å². The number of amides is 1. The molecule has 3 aromatic rings. The van der Waals surface area contributed by atoms with Crippen LogP contribution < -0.4 is 10.7 Å². The van der Waals surface area contributed by atoms with E-state index >= 15 is 0 Å². The summed E-state index contributed by atoms with van der Waals surface area (Å²) < 4.78 is 6.64. The summed E-state index contributed by atoms with van der Waals surface area (Å²) >= 11 is 3.38. The van der Waals surface area contributed by atoms with Gasteiger partial charge < -0.3 is 9.62 Å². The van der Waals surface area contributed by atoms with Crippen molar-refractivity contribution < 1.29 is 19.6 Å². The van der Waals surface area contributed by atoms with Gasteiger partial charge in [-0.2, -0.15) is 10.3 Å². The number of nitrogens with zero attached hydrogens (tertiary/aromatic N) is 1. The second-order valence-electron chi connectivity index (χ2n) is 5.29. The van der Waals surface area contributed by atoms with Crippen molar-refractivity contribution in [2.24, 2.45) is 5.10 Å². The first-order chi connectivity index (χ1) is 12.5. The fraction of sp³-hybridized carbons (Fsp3) is 0. The maximum atomic E-state index is 12.0. The van der Waals surface area contributed by atoms with Crippen LogP contribution in [0.15, 0.2) is 74.7 Å². The van der Waals surface area contributed by atoms with Crippen molar-refractivity contribution in [2.45, 2.75) is 0 Å². The van der Waals surface area contributed by atoms with Gasteiger partial charge in [-0.25, -0.2) is 10.6 Å². The summed E-state index contributed by atoms with van der Waals surface area (Å²) in [6.45, 7) is 0. The molecule has 132 valence electrons. The number of benzene rings is 2. The van der Waals surface area contributed by atoms with Gasteiger partial charge in [0, 0.05) is 27.7 Å². The van der Waals surface area contributed by atoms with E-state index in [0.29, 0.717) is 17.1 Å². The largest absolute Gasteiger partial charge is 0.595 e. The van der Waals surface area contributed by atoms with E-state index in [4.69, 9.17) is 9.62 Å². The highest BCUT2D eigenvalue weighted by Crippen LogP contribution is 2.23. The third-order valence-corrected chi connectivity index (χ3v) is 4.04. The van der Waals surface area contributed by atoms with E-state index in [9.17, 15) is 10.0 Å². The smallest absolute Gasteiger partial charge is 0.271 e. The molecule has 2 aromatic carbocycles. The predicted octanol–water partition coefficient (Wildman–Crippen LogP) is 2.88. The maximum absolute atomic E-state index is 12.0. The van der Waals surface area contributed by atoms with E-state index < -0.39 is 11.1 Å². The average Bonchev–Trinajstić information content (AvgIpc) is 3.11. The highest BCUT2D eigenvalue weighted by atomic mass is 79.9. The van der Waals surface area contributed by atoms with Gasteiger partial charge in [-0.15, -0.1) is 0 Å². The summed E-state index contributed by atoms with van der Waals surface area (Å²) in [7, 11) is 0. The quantitative estimate of drug-likeness (QED) is 0.440. The monoisotopic (exact) mass is 415 g/mol. The number of quaternary nitrogens is 1. The lowest BCUT2D eigenvalue weighted by molar-refractivity contribution is -0.991. The van der Waals surface area contributed by atoms with Crippen LogP contribution in [0.5, 0.6) is 0 Å². The molecule has 0 aliphatic carbocycles. The van der Waals surface area contributed by atoms with Crippen LogP contribution in [0.4, 0.5) is 5.69 Å². The zero-order chi connectivity index (χ0) is 18.5. The summed E-state index contributed by atoms with van der Waals surface area (Å²) in [6, 6.07) is 16.8. The van der Waals surface area contributed by atoms with Gasteiger partial charge in [0.2, 0.25) is 0 Å². The van der Waals surface area contributed by atoms with Crippen LogP contribution in [0.2, 0.25) is 0 Å². The minimum Gasteiger partial charge on any atom is -0.595 e. The molecule has 1 amide bonds. The minimum atomic E-state index is -1.05. The Bertz CT molecular complexity index is 918. The molecule has 1 atom stereocenters. The van der Waals surface area contributed by atoms with Crippen LogP contribution in [0, 0.1) is 5.21 Å². The molecular weight excluding hydrogens is 402 g/mol. The molecule has 0 saturated carbocycles. The van der Waals surface area contributed by atoms with Gasteiger partial charge in [-0.1, -0.05) is 28.1 Å². The van der Waals surface area contributed by atoms with Crippen molar-refractivity contribution in [2.75, 3.05) is 0 Å². The molecule has 0 saturated heterocycles. The third-order valence-electron chi connectivity index (χ3n) is 3.51. The van der Waals surface area contributed by atoms with Crippen molar-refractivity contribution in [1.29, 1.82) is 0 Å². The van der Waals surface area contributed by atoms with Gasteiger partial charge >= 0.3 is 0 Å². The number of hydrogen-bond donors (Lipinski definition) is 3. The predicted molar refractivity (Wildman–Crippen MR) is 99.1 cm³/mol. The molecule has 3 N–H and O–H groups in total. The van der Waals surface area contributed by atoms with Crippen LogP contribution in [0.1, 0.15) is 16.1 Å². The maximum Gasteiger partial charge on any atom is 0.271 e. The molecule has 1 aromatic heterocycles.